The third kappa shape index (κ3) is 2.88. The van der Waals surface area contributed by atoms with Crippen molar-refractivity contribution in [3.05, 3.63) is 16.1 Å². The highest BCUT2D eigenvalue weighted by Gasteiger charge is 2.29. The minimum Gasteiger partial charge on any atom is -0.294 e. The zero-order valence-corrected chi connectivity index (χ0v) is 11.6. The normalized spacial score (nSPS) is 18.8. The second-order valence-electron chi connectivity index (χ2n) is 4.11. The van der Waals surface area contributed by atoms with Crippen molar-refractivity contribution in [2.75, 3.05) is 13.1 Å². The van der Waals surface area contributed by atoms with E-state index in [0.29, 0.717) is 5.88 Å². The van der Waals surface area contributed by atoms with Crippen molar-refractivity contribution in [2.45, 2.75) is 25.3 Å². The van der Waals surface area contributed by atoms with Crippen molar-refractivity contribution in [3.8, 4) is 0 Å². The van der Waals surface area contributed by atoms with E-state index >= 15 is 0 Å². The standard InChI is InChI=1S/C11H14ClN3O2S/c1-2-8(11-13-7(3-12)6-18-11)15-4-9(16)14-10(17)5-15/h6,8H,2-5H2,1H3,(H,14,16,17). The third-order valence-electron chi connectivity index (χ3n) is 2.79. The van der Waals surface area contributed by atoms with Crippen molar-refractivity contribution >= 4 is 34.8 Å². The van der Waals surface area contributed by atoms with E-state index in [9.17, 15) is 9.59 Å². The molecule has 7 heteroatoms. The van der Waals surface area contributed by atoms with E-state index < -0.39 is 0 Å². The molecule has 1 unspecified atom stereocenters. The van der Waals surface area contributed by atoms with Crippen molar-refractivity contribution in [3.63, 3.8) is 0 Å². The number of nitrogens with zero attached hydrogens (tertiary/aromatic N) is 2. The van der Waals surface area contributed by atoms with E-state index in [1.54, 1.807) is 0 Å². The van der Waals surface area contributed by atoms with Gasteiger partial charge in [-0.05, 0) is 6.42 Å². The summed E-state index contributed by atoms with van der Waals surface area (Å²) in [7, 11) is 0. The van der Waals surface area contributed by atoms with Gasteiger partial charge >= 0.3 is 0 Å². The SMILES string of the molecule is CCC(c1nc(CCl)cs1)N1CC(=O)NC(=O)C1. The van der Waals surface area contributed by atoms with Gasteiger partial charge in [-0.15, -0.1) is 22.9 Å². The summed E-state index contributed by atoms with van der Waals surface area (Å²) in [5.74, 6) is -0.121. The number of hydrogen-bond acceptors (Lipinski definition) is 5. The summed E-state index contributed by atoms with van der Waals surface area (Å²) in [6, 6.07) is 0.00182. The zero-order chi connectivity index (χ0) is 13.1. The number of halogens is 1. The van der Waals surface area contributed by atoms with Gasteiger partial charge in [0.2, 0.25) is 11.8 Å². The van der Waals surface area contributed by atoms with Crippen molar-refractivity contribution < 1.29 is 9.59 Å². The zero-order valence-electron chi connectivity index (χ0n) is 9.98. The molecule has 2 amide bonds. The maximum absolute atomic E-state index is 11.4. The molecule has 1 aliphatic heterocycles. The lowest BCUT2D eigenvalue weighted by Crippen LogP contribution is -2.52. The first-order chi connectivity index (χ1) is 8.63. The maximum Gasteiger partial charge on any atom is 0.240 e. The molecular weight excluding hydrogens is 274 g/mol. The van der Waals surface area contributed by atoms with Crippen LogP contribution in [0.3, 0.4) is 0 Å². The molecule has 1 saturated heterocycles. The lowest BCUT2D eigenvalue weighted by atomic mass is 10.1. The summed E-state index contributed by atoms with van der Waals surface area (Å²) in [5, 5.41) is 5.12. The summed E-state index contributed by atoms with van der Waals surface area (Å²) in [6.45, 7) is 2.49. The van der Waals surface area contributed by atoms with Gasteiger partial charge in [0.15, 0.2) is 0 Å². The maximum atomic E-state index is 11.4. The van der Waals surface area contributed by atoms with Crippen LogP contribution in [-0.4, -0.2) is 34.8 Å². The van der Waals surface area contributed by atoms with E-state index in [0.717, 1.165) is 17.1 Å². The number of rotatable bonds is 4. The summed E-state index contributed by atoms with van der Waals surface area (Å²) >= 11 is 7.26. The highest BCUT2D eigenvalue weighted by atomic mass is 35.5. The number of carbonyl (C=O) groups is 2. The predicted octanol–water partition coefficient (Wildman–Crippen LogP) is 1.29. The smallest absolute Gasteiger partial charge is 0.240 e. The Morgan fingerprint density at radius 3 is 2.67 bits per heavy atom. The summed E-state index contributed by atoms with van der Waals surface area (Å²) < 4.78 is 0. The van der Waals surface area contributed by atoms with E-state index in [1.165, 1.54) is 11.3 Å². The molecule has 1 aliphatic rings. The van der Waals surface area contributed by atoms with Gasteiger partial charge in [0.05, 0.1) is 30.7 Å². The Bertz CT molecular complexity index is 447. The molecule has 1 aromatic heterocycles. The molecule has 1 fully saturated rings. The van der Waals surface area contributed by atoms with E-state index in [2.05, 4.69) is 10.3 Å². The molecule has 2 heterocycles. The molecule has 0 spiro atoms. The molecular formula is C11H14ClN3O2S. The van der Waals surface area contributed by atoms with Gasteiger partial charge in [-0.3, -0.25) is 19.8 Å². The second-order valence-corrected chi connectivity index (χ2v) is 5.27. The van der Waals surface area contributed by atoms with E-state index in [4.69, 9.17) is 11.6 Å². The summed E-state index contributed by atoms with van der Waals surface area (Å²) in [5.41, 5.74) is 0.836. The predicted molar refractivity (Wildman–Crippen MR) is 69.4 cm³/mol. The number of imide groups is 1. The van der Waals surface area contributed by atoms with E-state index in [-0.39, 0.29) is 30.9 Å². The van der Waals surface area contributed by atoms with Gasteiger partial charge in [-0.2, -0.15) is 0 Å². The van der Waals surface area contributed by atoms with Crippen LogP contribution in [0.1, 0.15) is 30.1 Å². The Morgan fingerprint density at radius 1 is 1.50 bits per heavy atom. The Morgan fingerprint density at radius 2 is 2.17 bits per heavy atom. The fourth-order valence-electron chi connectivity index (χ4n) is 2.01. The number of aromatic nitrogens is 1. The van der Waals surface area contributed by atoms with Gasteiger partial charge in [-0.25, -0.2) is 4.98 Å². The number of nitrogens with one attached hydrogen (secondary N) is 1. The topological polar surface area (TPSA) is 62.3 Å². The highest BCUT2D eigenvalue weighted by Crippen LogP contribution is 2.27. The van der Waals surface area contributed by atoms with Gasteiger partial charge < -0.3 is 0 Å². The average molecular weight is 288 g/mol. The first kappa shape index (κ1) is 13.5. The van der Waals surface area contributed by atoms with Crippen LogP contribution in [0.15, 0.2) is 5.38 Å². The van der Waals surface area contributed by atoms with Crippen LogP contribution in [-0.2, 0) is 15.5 Å². The number of carbonyl (C=O) groups excluding carboxylic acids is 2. The van der Waals surface area contributed by atoms with Crippen molar-refractivity contribution in [1.82, 2.24) is 15.2 Å². The number of hydrogen-bond donors (Lipinski definition) is 1. The number of piperazine rings is 1. The van der Waals surface area contributed by atoms with Crippen LogP contribution in [0.4, 0.5) is 0 Å². The summed E-state index contributed by atoms with van der Waals surface area (Å²) in [4.78, 5) is 29.1. The number of alkyl halides is 1. The van der Waals surface area contributed by atoms with Gasteiger partial charge in [0.1, 0.15) is 5.01 Å². The molecule has 1 N–H and O–H groups in total. The Kier molecular flexibility index (Phi) is 4.31. The number of amides is 2. The van der Waals surface area contributed by atoms with Gasteiger partial charge in [-0.1, -0.05) is 6.92 Å². The van der Waals surface area contributed by atoms with Crippen molar-refractivity contribution in [1.29, 1.82) is 0 Å². The van der Waals surface area contributed by atoms with Crippen molar-refractivity contribution in [2.24, 2.45) is 0 Å². The second kappa shape index (κ2) is 5.77. The Balaban J connectivity index is 2.17. The van der Waals surface area contributed by atoms with E-state index in [1.807, 2.05) is 17.2 Å². The largest absolute Gasteiger partial charge is 0.294 e. The van der Waals surface area contributed by atoms with Gasteiger partial charge in [0.25, 0.3) is 0 Å². The molecule has 0 aromatic carbocycles. The lowest BCUT2D eigenvalue weighted by Gasteiger charge is -2.31. The average Bonchev–Trinajstić information content (AvgIpc) is 2.77. The van der Waals surface area contributed by atoms with Crippen LogP contribution in [0.25, 0.3) is 0 Å². The van der Waals surface area contributed by atoms with Crippen LogP contribution in [0.5, 0.6) is 0 Å². The van der Waals surface area contributed by atoms with Crippen LogP contribution >= 0.6 is 22.9 Å². The quantitative estimate of drug-likeness (QED) is 0.670. The highest BCUT2D eigenvalue weighted by molar-refractivity contribution is 7.09. The molecule has 5 nitrogen and oxygen atoms in total. The minimum atomic E-state index is -0.251. The third-order valence-corrected chi connectivity index (χ3v) is 4.06. The minimum absolute atomic E-state index is 0.00182. The molecule has 98 valence electrons. The number of thiazole rings is 1. The monoisotopic (exact) mass is 287 g/mol. The molecule has 0 aliphatic carbocycles. The molecule has 1 aromatic rings. The van der Waals surface area contributed by atoms with Crippen LogP contribution < -0.4 is 5.32 Å². The molecule has 0 saturated carbocycles. The molecule has 0 bridgehead atoms. The molecule has 2 rings (SSSR count). The van der Waals surface area contributed by atoms with Crippen LogP contribution in [0, 0.1) is 0 Å². The lowest BCUT2D eigenvalue weighted by molar-refractivity contribution is -0.137. The Hall–Kier alpha value is -0.980. The first-order valence-electron chi connectivity index (χ1n) is 5.71. The summed E-state index contributed by atoms with van der Waals surface area (Å²) in [6.07, 6.45) is 0.801. The Labute approximate surface area is 114 Å². The molecule has 0 radical (unpaired) electrons. The van der Waals surface area contributed by atoms with Gasteiger partial charge in [0, 0.05) is 5.38 Å². The fourth-order valence-corrected chi connectivity index (χ4v) is 3.27. The molecule has 1 atom stereocenters. The van der Waals surface area contributed by atoms with Crippen LogP contribution in [0.2, 0.25) is 0 Å². The first-order valence-corrected chi connectivity index (χ1v) is 7.12. The molecule has 18 heavy (non-hydrogen) atoms. The fraction of sp³-hybridized carbons (Fsp3) is 0.545.